The third-order valence-corrected chi connectivity index (χ3v) is 4.73. The lowest BCUT2D eigenvalue weighted by atomic mass is 10.0. The third kappa shape index (κ3) is 4.81. The lowest BCUT2D eigenvalue weighted by Crippen LogP contribution is -2.40. The molecule has 0 fully saturated rings. The zero-order valence-electron chi connectivity index (χ0n) is 13.7. The number of carbonyl (C=O) groups is 1. The molecule has 1 heterocycles. The molecule has 2 N–H and O–H groups in total. The van der Waals surface area contributed by atoms with E-state index in [-0.39, 0.29) is 17.9 Å². The van der Waals surface area contributed by atoms with Gasteiger partial charge in [0.2, 0.25) is 5.91 Å². The smallest absolute Gasteiger partial charge is 0.223 e. The van der Waals surface area contributed by atoms with Crippen LogP contribution in [-0.4, -0.2) is 24.2 Å². The van der Waals surface area contributed by atoms with Gasteiger partial charge >= 0.3 is 0 Å². The summed E-state index contributed by atoms with van der Waals surface area (Å²) in [4.78, 5) is 13.5. The van der Waals surface area contributed by atoms with Crippen molar-refractivity contribution in [1.29, 1.82) is 0 Å². The van der Waals surface area contributed by atoms with E-state index >= 15 is 0 Å². The summed E-state index contributed by atoms with van der Waals surface area (Å²) >= 11 is 1.65. The first-order valence-corrected chi connectivity index (χ1v) is 8.54. The molecule has 4 nitrogen and oxygen atoms in total. The minimum atomic E-state index is -0.751. The van der Waals surface area contributed by atoms with E-state index < -0.39 is 6.10 Å². The second kappa shape index (κ2) is 8.13. The molecule has 0 aliphatic carbocycles. The van der Waals surface area contributed by atoms with Gasteiger partial charge in [-0.25, -0.2) is 0 Å². The van der Waals surface area contributed by atoms with Gasteiger partial charge in [-0.2, -0.15) is 0 Å². The van der Waals surface area contributed by atoms with E-state index in [1.807, 2.05) is 31.4 Å². The highest BCUT2D eigenvalue weighted by Crippen LogP contribution is 2.21. The molecule has 124 valence electrons. The molecule has 0 aliphatic rings. The van der Waals surface area contributed by atoms with Crippen LogP contribution >= 0.6 is 11.3 Å². The zero-order valence-corrected chi connectivity index (χ0v) is 14.5. The number of aliphatic hydroxyl groups excluding tert-OH is 1. The van der Waals surface area contributed by atoms with Crippen LogP contribution in [0.1, 0.15) is 30.4 Å². The molecule has 0 saturated heterocycles. The summed E-state index contributed by atoms with van der Waals surface area (Å²) in [6.07, 6.45) is -0.0340. The van der Waals surface area contributed by atoms with Crippen molar-refractivity contribution < 1.29 is 14.6 Å². The maximum atomic E-state index is 12.3. The Bertz CT molecular complexity index is 610. The number of thiophene rings is 1. The largest absolute Gasteiger partial charge is 0.497 e. The van der Waals surface area contributed by atoms with Gasteiger partial charge in [0, 0.05) is 10.8 Å². The van der Waals surface area contributed by atoms with Crippen molar-refractivity contribution in [2.24, 2.45) is 5.92 Å². The highest BCUT2D eigenvalue weighted by Gasteiger charge is 2.21. The maximum Gasteiger partial charge on any atom is 0.223 e. The van der Waals surface area contributed by atoms with Crippen LogP contribution in [0.25, 0.3) is 0 Å². The second-order valence-corrected chi connectivity index (χ2v) is 6.73. The number of nitrogens with one attached hydrogen (secondary N) is 1. The van der Waals surface area contributed by atoms with E-state index in [9.17, 15) is 9.90 Å². The number of hydrogen-bond acceptors (Lipinski definition) is 4. The van der Waals surface area contributed by atoms with Crippen molar-refractivity contribution in [1.82, 2.24) is 5.32 Å². The number of hydrogen-bond donors (Lipinski definition) is 2. The van der Waals surface area contributed by atoms with Crippen molar-refractivity contribution in [2.45, 2.75) is 32.4 Å². The molecule has 0 aliphatic heterocycles. The summed E-state index contributed by atoms with van der Waals surface area (Å²) in [6, 6.07) is 10.9. The quantitative estimate of drug-likeness (QED) is 0.818. The molecule has 1 aromatic carbocycles. The summed E-state index contributed by atoms with van der Waals surface area (Å²) in [5.74, 6) is 0.569. The van der Waals surface area contributed by atoms with Crippen molar-refractivity contribution in [3.63, 3.8) is 0 Å². The summed E-state index contributed by atoms with van der Waals surface area (Å²) in [7, 11) is 1.60. The van der Waals surface area contributed by atoms with Crippen LogP contribution in [0.15, 0.2) is 41.8 Å². The van der Waals surface area contributed by atoms with Gasteiger partial charge < -0.3 is 15.2 Å². The third-order valence-electron chi connectivity index (χ3n) is 3.84. The van der Waals surface area contributed by atoms with Gasteiger partial charge in [0.25, 0.3) is 0 Å². The Balaban J connectivity index is 1.91. The summed E-state index contributed by atoms with van der Waals surface area (Å²) < 4.78 is 5.10. The maximum absolute atomic E-state index is 12.3. The molecular weight excluding hydrogens is 310 g/mol. The van der Waals surface area contributed by atoms with Crippen LogP contribution in [-0.2, 0) is 11.2 Å². The standard InChI is InChI=1S/C18H23NO3S/c1-12(11-16-5-4-10-23-16)18(21)19-13(2)17(20)14-6-8-15(22-3)9-7-14/h4-10,12-13,17,20H,11H2,1-3H3,(H,19,21). The average Bonchev–Trinajstić information content (AvgIpc) is 3.07. The average molecular weight is 333 g/mol. The number of aliphatic hydroxyl groups is 1. The predicted octanol–water partition coefficient (Wildman–Crippen LogP) is 3.17. The number of benzene rings is 1. The van der Waals surface area contributed by atoms with Crippen molar-refractivity contribution in [2.75, 3.05) is 7.11 Å². The molecule has 3 unspecified atom stereocenters. The summed E-state index contributed by atoms with van der Waals surface area (Å²) in [6.45, 7) is 3.71. The molecule has 3 atom stereocenters. The number of carbonyl (C=O) groups excluding carboxylic acids is 1. The summed E-state index contributed by atoms with van der Waals surface area (Å²) in [5.41, 5.74) is 0.754. The van der Waals surface area contributed by atoms with Crippen LogP contribution in [0.3, 0.4) is 0 Å². The van der Waals surface area contributed by atoms with Gasteiger partial charge in [0.1, 0.15) is 5.75 Å². The lowest BCUT2D eigenvalue weighted by molar-refractivity contribution is -0.125. The Morgan fingerprint density at radius 1 is 1.26 bits per heavy atom. The van der Waals surface area contributed by atoms with Crippen molar-refractivity contribution in [3.8, 4) is 5.75 Å². The van der Waals surface area contributed by atoms with Crippen LogP contribution in [0, 0.1) is 5.92 Å². The Labute approximate surface area is 141 Å². The monoisotopic (exact) mass is 333 g/mol. The molecule has 5 heteroatoms. The van der Waals surface area contributed by atoms with Crippen LogP contribution in [0.4, 0.5) is 0 Å². The second-order valence-electron chi connectivity index (χ2n) is 5.70. The SMILES string of the molecule is COc1ccc(C(O)C(C)NC(=O)C(C)Cc2cccs2)cc1. The number of methoxy groups -OCH3 is 1. The van der Waals surface area contributed by atoms with E-state index in [1.165, 1.54) is 4.88 Å². The topological polar surface area (TPSA) is 58.6 Å². The van der Waals surface area contributed by atoms with E-state index in [0.717, 1.165) is 17.7 Å². The Morgan fingerprint density at radius 2 is 1.96 bits per heavy atom. The van der Waals surface area contributed by atoms with Crippen LogP contribution in [0.5, 0.6) is 5.75 Å². The molecule has 0 radical (unpaired) electrons. The van der Waals surface area contributed by atoms with Gasteiger partial charge in [-0.3, -0.25) is 4.79 Å². The molecule has 0 spiro atoms. The van der Waals surface area contributed by atoms with Crippen LogP contribution < -0.4 is 10.1 Å². The first kappa shape index (κ1) is 17.5. The van der Waals surface area contributed by atoms with Crippen LogP contribution in [0.2, 0.25) is 0 Å². The van der Waals surface area contributed by atoms with E-state index in [2.05, 4.69) is 5.32 Å². The first-order chi connectivity index (χ1) is 11.0. The molecular formula is C18H23NO3S. The lowest BCUT2D eigenvalue weighted by Gasteiger charge is -2.22. The number of amides is 1. The summed E-state index contributed by atoms with van der Waals surface area (Å²) in [5, 5.41) is 15.3. The van der Waals surface area contributed by atoms with Gasteiger partial charge in [0.05, 0.1) is 19.3 Å². The Kier molecular flexibility index (Phi) is 6.19. The first-order valence-electron chi connectivity index (χ1n) is 7.66. The highest BCUT2D eigenvalue weighted by atomic mass is 32.1. The fraction of sp³-hybridized carbons (Fsp3) is 0.389. The van der Waals surface area contributed by atoms with E-state index in [4.69, 9.17) is 4.74 Å². The molecule has 0 bridgehead atoms. The minimum absolute atomic E-state index is 0.0431. The number of ether oxygens (including phenoxy) is 1. The van der Waals surface area contributed by atoms with Crippen molar-refractivity contribution in [3.05, 3.63) is 52.2 Å². The Hall–Kier alpha value is -1.85. The van der Waals surface area contributed by atoms with E-state index in [1.54, 1.807) is 42.7 Å². The fourth-order valence-corrected chi connectivity index (χ4v) is 3.19. The molecule has 2 aromatic rings. The van der Waals surface area contributed by atoms with Gasteiger partial charge in [-0.15, -0.1) is 11.3 Å². The van der Waals surface area contributed by atoms with E-state index in [0.29, 0.717) is 0 Å². The molecule has 1 amide bonds. The van der Waals surface area contributed by atoms with Gasteiger partial charge in [0.15, 0.2) is 0 Å². The zero-order chi connectivity index (χ0) is 16.8. The normalized spacial score (nSPS) is 14.8. The molecule has 0 saturated carbocycles. The molecule has 2 rings (SSSR count). The Morgan fingerprint density at radius 3 is 2.52 bits per heavy atom. The molecule has 23 heavy (non-hydrogen) atoms. The van der Waals surface area contributed by atoms with Crippen molar-refractivity contribution >= 4 is 17.2 Å². The predicted molar refractivity (Wildman–Crippen MR) is 92.7 cm³/mol. The molecule has 1 aromatic heterocycles. The minimum Gasteiger partial charge on any atom is -0.497 e. The highest BCUT2D eigenvalue weighted by molar-refractivity contribution is 7.09. The fourth-order valence-electron chi connectivity index (χ4n) is 2.36. The van der Waals surface area contributed by atoms with Gasteiger partial charge in [-0.05, 0) is 42.5 Å². The van der Waals surface area contributed by atoms with Gasteiger partial charge in [-0.1, -0.05) is 25.1 Å². The number of rotatable bonds is 7.